The van der Waals surface area contributed by atoms with Gasteiger partial charge in [-0.2, -0.15) is 0 Å². The zero-order chi connectivity index (χ0) is 16.1. The van der Waals surface area contributed by atoms with Gasteiger partial charge in [0.25, 0.3) is 0 Å². The number of rotatable bonds is 13. The summed E-state index contributed by atoms with van der Waals surface area (Å²) in [6, 6.07) is 0. The zero-order valence-corrected chi connectivity index (χ0v) is 15.4. The molecule has 0 aliphatic rings. The van der Waals surface area contributed by atoms with E-state index in [9.17, 15) is 5.11 Å². The summed E-state index contributed by atoms with van der Waals surface area (Å²) in [6.07, 6.45) is 14.5. The molecule has 0 saturated heterocycles. The first-order valence-corrected chi connectivity index (χ1v) is 9.27. The molecule has 0 aromatic heterocycles. The van der Waals surface area contributed by atoms with Gasteiger partial charge in [-0.3, -0.25) is 0 Å². The van der Waals surface area contributed by atoms with E-state index in [2.05, 4.69) is 27.7 Å². The van der Waals surface area contributed by atoms with Gasteiger partial charge in [-0.25, -0.2) is 0 Å². The van der Waals surface area contributed by atoms with Crippen LogP contribution in [0.5, 0.6) is 0 Å². The molecule has 1 nitrogen and oxygen atoms in total. The van der Waals surface area contributed by atoms with Crippen molar-refractivity contribution >= 4 is 0 Å². The van der Waals surface area contributed by atoms with E-state index in [0.29, 0.717) is 0 Å². The molecule has 21 heavy (non-hydrogen) atoms. The number of aliphatic hydroxyl groups excluding tert-OH is 1. The van der Waals surface area contributed by atoms with Gasteiger partial charge in [-0.1, -0.05) is 75.9 Å². The Kier molecular flexibility index (Phi) is 13.2. The van der Waals surface area contributed by atoms with Crippen LogP contribution in [0.2, 0.25) is 0 Å². The molecule has 126 valence electrons. The van der Waals surface area contributed by atoms with Crippen LogP contribution in [0.15, 0.2) is 11.1 Å². The van der Waals surface area contributed by atoms with E-state index in [0.717, 1.165) is 12.3 Å². The number of hydrogen-bond donors (Lipinski definition) is 1. The van der Waals surface area contributed by atoms with Crippen molar-refractivity contribution in [3.8, 4) is 0 Å². The highest BCUT2D eigenvalue weighted by Gasteiger charge is 2.05. The fourth-order valence-corrected chi connectivity index (χ4v) is 2.84. The first-order chi connectivity index (χ1) is 9.95. The summed E-state index contributed by atoms with van der Waals surface area (Å²) in [4.78, 5) is 0. The smallest absolute Gasteiger partial charge is 0.0512 e. The van der Waals surface area contributed by atoms with Crippen LogP contribution in [-0.4, -0.2) is 11.2 Å². The van der Waals surface area contributed by atoms with Gasteiger partial charge < -0.3 is 5.11 Å². The Balaban J connectivity index is 3.28. The average Bonchev–Trinajstić information content (AvgIpc) is 2.43. The minimum absolute atomic E-state index is 0.109. The highest BCUT2D eigenvalue weighted by atomic mass is 16.3. The van der Waals surface area contributed by atoms with Crippen molar-refractivity contribution in [2.24, 2.45) is 5.92 Å². The molecule has 0 bridgehead atoms. The normalized spacial score (nSPS) is 14.0. The molecule has 0 aliphatic heterocycles. The topological polar surface area (TPSA) is 20.2 Å². The van der Waals surface area contributed by atoms with Crippen molar-refractivity contribution in [3.63, 3.8) is 0 Å². The molecule has 2 atom stereocenters. The number of allylic oxidation sites excluding steroid dienone is 2. The van der Waals surface area contributed by atoms with Crippen molar-refractivity contribution in [3.05, 3.63) is 11.1 Å². The van der Waals surface area contributed by atoms with E-state index >= 15 is 0 Å². The highest BCUT2D eigenvalue weighted by molar-refractivity contribution is 5.09. The first kappa shape index (κ1) is 20.7. The monoisotopic (exact) mass is 296 g/mol. The number of unbranched alkanes of at least 4 members (excludes halogenated alkanes) is 8. The van der Waals surface area contributed by atoms with Gasteiger partial charge >= 0.3 is 0 Å². The summed E-state index contributed by atoms with van der Waals surface area (Å²) in [5.41, 5.74) is 3.09. The van der Waals surface area contributed by atoms with Gasteiger partial charge in [0.15, 0.2) is 0 Å². The van der Waals surface area contributed by atoms with Gasteiger partial charge in [0, 0.05) is 0 Å². The first-order valence-electron chi connectivity index (χ1n) is 9.27. The molecular weight excluding hydrogens is 256 g/mol. The third-order valence-corrected chi connectivity index (χ3v) is 4.79. The summed E-state index contributed by atoms with van der Waals surface area (Å²) < 4.78 is 0. The van der Waals surface area contributed by atoms with Crippen molar-refractivity contribution in [1.82, 2.24) is 0 Å². The third kappa shape index (κ3) is 13.1. The second-order valence-electron chi connectivity index (χ2n) is 7.19. The van der Waals surface area contributed by atoms with Gasteiger partial charge in [0.05, 0.1) is 6.10 Å². The van der Waals surface area contributed by atoms with E-state index in [1.807, 2.05) is 6.92 Å². The summed E-state index contributed by atoms with van der Waals surface area (Å²) in [5.74, 6) is 0.768. The van der Waals surface area contributed by atoms with Crippen LogP contribution in [0.4, 0.5) is 0 Å². The molecule has 0 aromatic carbocycles. The van der Waals surface area contributed by atoms with Crippen LogP contribution in [0, 0.1) is 5.92 Å². The summed E-state index contributed by atoms with van der Waals surface area (Å²) in [6.45, 7) is 11.0. The molecular formula is C20H40O. The minimum atomic E-state index is -0.109. The van der Waals surface area contributed by atoms with Gasteiger partial charge in [0.1, 0.15) is 0 Å². The van der Waals surface area contributed by atoms with Crippen LogP contribution in [0.25, 0.3) is 0 Å². The third-order valence-electron chi connectivity index (χ3n) is 4.79. The average molecular weight is 297 g/mol. The largest absolute Gasteiger partial charge is 0.393 e. The molecule has 0 rings (SSSR count). The molecule has 0 aromatic rings. The summed E-state index contributed by atoms with van der Waals surface area (Å²) >= 11 is 0. The fraction of sp³-hybridized carbons (Fsp3) is 0.900. The van der Waals surface area contributed by atoms with Crippen molar-refractivity contribution in [1.29, 1.82) is 0 Å². The maximum Gasteiger partial charge on any atom is 0.0512 e. The Morgan fingerprint density at radius 3 is 1.43 bits per heavy atom. The molecule has 0 spiro atoms. The molecule has 0 amide bonds. The van der Waals surface area contributed by atoms with Crippen LogP contribution in [0.3, 0.4) is 0 Å². The lowest BCUT2D eigenvalue weighted by Gasteiger charge is -2.13. The molecule has 0 saturated carbocycles. The van der Waals surface area contributed by atoms with E-state index in [1.165, 1.54) is 69.8 Å². The molecule has 0 aliphatic carbocycles. The molecule has 2 unspecified atom stereocenters. The molecule has 1 heteroatoms. The SMILES string of the molecule is CC(C)=C(C)C(C)CCCCCCCCCCCC(C)O. The second kappa shape index (κ2) is 13.4. The number of aliphatic hydroxyl groups is 1. The highest BCUT2D eigenvalue weighted by Crippen LogP contribution is 2.21. The Morgan fingerprint density at radius 1 is 0.667 bits per heavy atom. The van der Waals surface area contributed by atoms with E-state index in [1.54, 1.807) is 5.57 Å². The van der Waals surface area contributed by atoms with Crippen LogP contribution in [0.1, 0.15) is 105 Å². The van der Waals surface area contributed by atoms with Crippen LogP contribution < -0.4 is 0 Å². The molecule has 0 fully saturated rings. The summed E-state index contributed by atoms with van der Waals surface area (Å²) in [7, 11) is 0. The van der Waals surface area contributed by atoms with Gasteiger partial charge in [0.2, 0.25) is 0 Å². The fourth-order valence-electron chi connectivity index (χ4n) is 2.84. The lowest BCUT2D eigenvalue weighted by atomic mass is 9.93. The van der Waals surface area contributed by atoms with Gasteiger partial charge in [-0.05, 0) is 46.5 Å². The Bertz CT molecular complexity index is 261. The minimum Gasteiger partial charge on any atom is -0.393 e. The predicted molar refractivity (Wildman–Crippen MR) is 95.7 cm³/mol. The van der Waals surface area contributed by atoms with Crippen molar-refractivity contribution in [2.75, 3.05) is 0 Å². The maximum atomic E-state index is 9.18. The second-order valence-corrected chi connectivity index (χ2v) is 7.19. The van der Waals surface area contributed by atoms with E-state index in [4.69, 9.17) is 0 Å². The predicted octanol–water partition coefficient (Wildman–Crippen LogP) is 6.65. The zero-order valence-electron chi connectivity index (χ0n) is 15.4. The van der Waals surface area contributed by atoms with Crippen LogP contribution in [-0.2, 0) is 0 Å². The lowest BCUT2D eigenvalue weighted by molar-refractivity contribution is 0.180. The lowest BCUT2D eigenvalue weighted by Crippen LogP contribution is -1.98. The quantitative estimate of drug-likeness (QED) is 0.298. The van der Waals surface area contributed by atoms with Crippen molar-refractivity contribution < 1.29 is 5.11 Å². The maximum absolute atomic E-state index is 9.18. The summed E-state index contributed by atoms with van der Waals surface area (Å²) in [5, 5.41) is 9.18. The van der Waals surface area contributed by atoms with E-state index in [-0.39, 0.29) is 6.10 Å². The van der Waals surface area contributed by atoms with Crippen LogP contribution >= 0.6 is 0 Å². The standard InChI is InChI=1S/C20H40O/c1-17(2)20(5)18(3)15-13-11-9-7-6-8-10-12-14-16-19(4)21/h18-19,21H,6-16H2,1-5H3. The Hall–Kier alpha value is -0.300. The molecule has 1 N–H and O–H groups in total. The van der Waals surface area contributed by atoms with Crippen molar-refractivity contribution in [2.45, 2.75) is 111 Å². The van der Waals surface area contributed by atoms with E-state index < -0.39 is 0 Å². The Morgan fingerprint density at radius 2 is 1.05 bits per heavy atom. The van der Waals surface area contributed by atoms with Gasteiger partial charge in [-0.15, -0.1) is 0 Å². The molecule has 0 heterocycles. The molecule has 0 radical (unpaired) electrons. The Labute approximate surface area is 134 Å². The number of hydrogen-bond acceptors (Lipinski definition) is 1.